The molecule has 0 aromatic heterocycles. The van der Waals surface area contributed by atoms with Gasteiger partial charge >= 0.3 is 0 Å². The van der Waals surface area contributed by atoms with E-state index in [4.69, 9.17) is 5.11 Å². The van der Waals surface area contributed by atoms with Crippen molar-refractivity contribution in [3.8, 4) is 0 Å². The predicted molar refractivity (Wildman–Crippen MR) is 34.6 cm³/mol. The van der Waals surface area contributed by atoms with Crippen LogP contribution in [-0.2, 0) is 0 Å². The Bertz CT molecular complexity index is 138. The van der Waals surface area contributed by atoms with Crippen LogP contribution >= 0.6 is 0 Å². The van der Waals surface area contributed by atoms with Crippen molar-refractivity contribution in [3.05, 3.63) is 30.0 Å². The van der Waals surface area contributed by atoms with Crippen LogP contribution in [-0.4, -0.2) is 11.7 Å². The van der Waals surface area contributed by atoms with Crippen LogP contribution in [0.5, 0.6) is 0 Å². The normalized spacial score (nSPS) is 7.75. The molecule has 1 heteroatoms. The van der Waals surface area contributed by atoms with Gasteiger partial charge in [0.2, 0.25) is 0 Å². The molecule has 44 valence electrons. The van der Waals surface area contributed by atoms with Crippen LogP contribution in [0.25, 0.3) is 0 Å². The number of aliphatic hydroxyl groups excluding tert-OH is 1. The largest absolute Gasteiger partial charge is 0.391 e. The number of aliphatic hydroxyl groups is 1. The van der Waals surface area contributed by atoms with E-state index in [1.165, 1.54) is 0 Å². The zero-order chi connectivity index (χ0) is 6.57. The third-order valence-corrected chi connectivity index (χ3v) is 0.887. The summed E-state index contributed by atoms with van der Waals surface area (Å²) in [4.78, 5) is 0. The highest BCUT2D eigenvalue weighted by atomic mass is 16.3. The minimum atomic E-state index is -0.0150. The molecule has 0 spiro atoms. The summed E-state index contributed by atoms with van der Waals surface area (Å²) in [5.41, 5.74) is 4.08. The summed E-state index contributed by atoms with van der Waals surface area (Å²) >= 11 is 0. The summed E-state index contributed by atoms with van der Waals surface area (Å²) in [7, 11) is 0. The highest BCUT2D eigenvalue weighted by molar-refractivity contribution is 5.24. The molecule has 1 N–H and O–H groups in total. The van der Waals surface area contributed by atoms with E-state index < -0.39 is 0 Å². The van der Waals surface area contributed by atoms with Gasteiger partial charge in [-0.1, -0.05) is 13.2 Å². The third-order valence-electron chi connectivity index (χ3n) is 0.887. The molecule has 0 aliphatic carbocycles. The van der Waals surface area contributed by atoms with Crippen LogP contribution in [0, 0.1) is 0 Å². The highest BCUT2D eigenvalue weighted by Gasteiger charge is 1.89. The Morgan fingerprint density at radius 1 is 1.75 bits per heavy atom. The second-order valence-electron chi connectivity index (χ2n) is 1.59. The van der Waals surface area contributed by atoms with E-state index in [0.29, 0.717) is 5.57 Å². The van der Waals surface area contributed by atoms with E-state index in [1.807, 2.05) is 6.92 Å². The second kappa shape index (κ2) is 3.25. The molecule has 0 fully saturated rings. The van der Waals surface area contributed by atoms with Gasteiger partial charge in [-0.05, 0) is 12.5 Å². The summed E-state index contributed by atoms with van der Waals surface area (Å²) in [6.07, 6.45) is 0. The van der Waals surface area contributed by atoms with Gasteiger partial charge in [0.05, 0.1) is 6.61 Å². The van der Waals surface area contributed by atoms with Gasteiger partial charge < -0.3 is 5.11 Å². The van der Waals surface area contributed by atoms with Crippen molar-refractivity contribution in [2.24, 2.45) is 0 Å². The molecule has 0 bridgehead atoms. The molecular weight excluding hydrogens is 100 g/mol. The van der Waals surface area contributed by atoms with Crippen LogP contribution in [0.4, 0.5) is 0 Å². The quantitative estimate of drug-likeness (QED) is 0.419. The van der Waals surface area contributed by atoms with E-state index in [9.17, 15) is 0 Å². The smallest absolute Gasteiger partial charge is 0.0756 e. The van der Waals surface area contributed by atoms with Gasteiger partial charge in [0.25, 0.3) is 0 Å². The fraction of sp³-hybridized carbons (Fsp3) is 0.286. The van der Waals surface area contributed by atoms with Crippen molar-refractivity contribution in [3.63, 3.8) is 0 Å². The maximum atomic E-state index is 8.50. The molecule has 0 aliphatic heterocycles. The number of hydrogen-bond acceptors (Lipinski definition) is 1. The van der Waals surface area contributed by atoms with Crippen molar-refractivity contribution >= 4 is 0 Å². The molecule has 1 nitrogen and oxygen atoms in total. The SMILES string of the molecule is C=C=C(CO)C(=C)C. The van der Waals surface area contributed by atoms with Crippen molar-refractivity contribution < 1.29 is 5.11 Å². The van der Waals surface area contributed by atoms with Crippen LogP contribution in [0.15, 0.2) is 30.0 Å². The topological polar surface area (TPSA) is 20.2 Å². The highest BCUT2D eigenvalue weighted by Crippen LogP contribution is 2.00. The van der Waals surface area contributed by atoms with E-state index in [2.05, 4.69) is 18.9 Å². The first kappa shape index (κ1) is 7.22. The zero-order valence-corrected chi connectivity index (χ0v) is 5.07. The Morgan fingerprint density at radius 3 is 2.25 bits per heavy atom. The van der Waals surface area contributed by atoms with Crippen molar-refractivity contribution in [2.75, 3.05) is 6.61 Å². The van der Waals surface area contributed by atoms with E-state index in [0.717, 1.165) is 5.57 Å². The Balaban J connectivity index is 4.14. The summed E-state index contributed by atoms with van der Waals surface area (Å²) in [6, 6.07) is 0. The van der Waals surface area contributed by atoms with Gasteiger partial charge in [0, 0.05) is 5.57 Å². The second-order valence-corrected chi connectivity index (χ2v) is 1.59. The fourth-order valence-corrected chi connectivity index (χ4v) is 0.342. The van der Waals surface area contributed by atoms with Crippen molar-refractivity contribution in [2.45, 2.75) is 6.92 Å². The first-order valence-corrected chi connectivity index (χ1v) is 2.38. The van der Waals surface area contributed by atoms with Crippen molar-refractivity contribution in [1.82, 2.24) is 0 Å². The zero-order valence-electron chi connectivity index (χ0n) is 5.07. The third kappa shape index (κ3) is 1.78. The molecule has 0 atom stereocenters. The van der Waals surface area contributed by atoms with Crippen molar-refractivity contribution in [1.29, 1.82) is 0 Å². The first-order chi connectivity index (χ1) is 3.72. The lowest BCUT2D eigenvalue weighted by atomic mass is 10.2. The molecule has 0 unspecified atom stereocenters. The Labute approximate surface area is 49.7 Å². The van der Waals surface area contributed by atoms with Crippen LogP contribution in [0.1, 0.15) is 6.92 Å². The van der Waals surface area contributed by atoms with E-state index >= 15 is 0 Å². The van der Waals surface area contributed by atoms with Gasteiger partial charge in [-0.3, -0.25) is 0 Å². The van der Waals surface area contributed by atoms with Gasteiger partial charge in [0.1, 0.15) is 0 Å². The summed E-state index contributed by atoms with van der Waals surface area (Å²) in [6.45, 7) is 8.76. The molecule has 8 heavy (non-hydrogen) atoms. The molecule has 0 aromatic carbocycles. The van der Waals surface area contributed by atoms with E-state index in [1.54, 1.807) is 0 Å². The molecule has 0 rings (SSSR count). The van der Waals surface area contributed by atoms with Gasteiger partial charge in [-0.2, -0.15) is 0 Å². The lowest BCUT2D eigenvalue weighted by Crippen LogP contribution is -1.87. The fourth-order valence-electron chi connectivity index (χ4n) is 0.342. The Morgan fingerprint density at radius 2 is 2.25 bits per heavy atom. The van der Waals surface area contributed by atoms with Gasteiger partial charge in [0.15, 0.2) is 0 Å². The molecule has 0 saturated heterocycles. The molecule has 0 saturated carbocycles. The predicted octanol–water partition coefficient (Wildman–Crippen LogP) is 1.27. The first-order valence-electron chi connectivity index (χ1n) is 2.38. The number of rotatable bonds is 2. The summed E-state index contributed by atoms with van der Waals surface area (Å²) < 4.78 is 0. The molecule has 0 aliphatic rings. The van der Waals surface area contributed by atoms with Crippen LogP contribution < -0.4 is 0 Å². The average Bonchev–Trinajstić information content (AvgIpc) is 1.69. The van der Waals surface area contributed by atoms with Crippen LogP contribution in [0.2, 0.25) is 0 Å². The minimum Gasteiger partial charge on any atom is -0.391 e. The maximum absolute atomic E-state index is 8.50. The molecular formula is C7H10O. The molecule has 0 aromatic rings. The Hall–Kier alpha value is -0.780. The monoisotopic (exact) mass is 110 g/mol. The lowest BCUT2D eigenvalue weighted by Gasteiger charge is -1.94. The maximum Gasteiger partial charge on any atom is 0.0756 e. The standard InChI is InChI=1S/C7H10O/c1-4-7(5-8)6(2)3/h8H,1-2,5H2,3H3. The summed E-state index contributed by atoms with van der Waals surface area (Å²) in [5.74, 6) is 0. The minimum absolute atomic E-state index is 0.0150. The van der Waals surface area contributed by atoms with Crippen LogP contribution in [0.3, 0.4) is 0 Å². The average molecular weight is 110 g/mol. The number of hydrogen-bond donors (Lipinski definition) is 1. The summed E-state index contributed by atoms with van der Waals surface area (Å²) in [5, 5.41) is 8.50. The lowest BCUT2D eigenvalue weighted by molar-refractivity contribution is 0.334. The van der Waals surface area contributed by atoms with Gasteiger partial charge in [-0.25, -0.2) is 0 Å². The Kier molecular flexibility index (Phi) is 2.93. The molecule has 0 heterocycles. The van der Waals surface area contributed by atoms with E-state index in [-0.39, 0.29) is 6.61 Å². The molecule has 0 amide bonds. The van der Waals surface area contributed by atoms with Gasteiger partial charge in [-0.15, -0.1) is 5.73 Å². The molecule has 0 radical (unpaired) electrons.